The Balaban J connectivity index is 4.60. The number of hydrogen-bond acceptors (Lipinski definition) is 3. The van der Waals surface area contributed by atoms with Crippen molar-refractivity contribution in [3.63, 3.8) is 0 Å². The Kier molecular flexibility index (Phi) is 5.64. The molecule has 2 N–H and O–H groups in total. The third-order valence-electron chi connectivity index (χ3n) is 1.60. The largest absolute Gasteiger partial charge is 0.493 e. The molecular weight excluding hydrogens is 184 g/mol. The highest BCUT2D eigenvalue weighted by molar-refractivity contribution is 5.86. The fourth-order valence-electron chi connectivity index (χ4n) is 0.867. The molecule has 14 heavy (non-hydrogen) atoms. The molecule has 0 aliphatic rings. The first-order valence-electron chi connectivity index (χ1n) is 4.33. The van der Waals surface area contributed by atoms with Crippen LogP contribution >= 0.6 is 0 Å². The number of carboxylic acid groups (broad SMARTS) is 1. The highest BCUT2D eigenvalue weighted by Gasteiger charge is 2.12. The minimum atomic E-state index is -1.04. The molecule has 0 bridgehead atoms. The standard InChI is InChI=1S/C10H16O4/c1-4-5-14-9(6-7(2)11)8(3)10(12)13/h4,7,11H,1,5-6H2,2-3H3,(H,12,13). The first-order chi connectivity index (χ1) is 6.49. The quantitative estimate of drug-likeness (QED) is 0.385. The molecule has 1 atom stereocenters. The van der Waals surface area contributed by atoms with Gasteiger partial charge in [0.2, 0.25) is 0 Å². The number of ether oxygens (including phenoxy) is 1. The number of carbonyl (C=O) groups is 1. The number of aliphatic hydroxyl groups is 1. The van der Waals surface area contributed by atoms with Crippen molar-refractivity contribution in [3.8, 4) is 0 Å². The van der Waals surface area contributed by atoms with Crippen LogP contribution in [0.5, 0.6) is 0 Å². The predicted molar refractivity (Wildman–Crippen MR) is 52.8 cm³/mol. The summed E-state index contributed by atoms with van der Waals surface area (Å²) < 4.78 is 5.15. The molecule has 0 aromatic rings. The van der Waals surface area contributed by atoms with Crippen molar-refractivity contribution in [3.05, 3.63) is 24.0 Å². The van der Waals surface area contributed by atoms with Gasteiger partial charge in [0.15, 0.2) is 0 Å². The Labute approximate surface area is 83.5 Å². The second-order valence-corrected chi connectivity index (χ2v) is 3.01. The second kappa shape index (κ2) is 6.21. The van der Waals surface area contributed by atoms with Crippen molar-refractivity contribution in [1.82, 2.24) is 0 Å². The van der Waals surface area contributed by atoms with Crippen LogP contribution in [0.25, 0.3) is 0 Å². The molecule has 0 saturated heterocycles. The van der Waals surface area contributed by atoms with E-state index in [1.54, 1.807) is 6.92 Å². The van der Waals surface area contributed by atoms with Crippen LogP contribution in [-0.2, 0) is 9.53 Å². The summed E-state index contributed by atoms with van der Waals surface area (Å²) >= 11 is 0. The monoisotopic (exact) mass is 200 g/mol. The molecule has 1 unspecified atom stereocenters. The smallest absolute Gasteiger partial charge is 0.334 e. The van der Waals surface area contributed by atoms with Gasteiger partial charge in [-0.05, 0) is 13.8 Å². The van der Waals surface area contributed by atoms with E-state index < -0.39 is 12.1 Å². The van der Waals surface area contributed by atoms with Gasteiger partial charge < -0.3 is 14.9 Å². The van der Waals surface area contributed by atoms with Crippen LogP contribution in [-0.4, -0.2) is 28.9 Å². The van der Waals surface area contributed by atoms with Crippen LogP contribution in [0.3, 0.4) is 0 Å². The molecule has 0 aromatic heterocycles. The predicted octanol–water partition coefficient (Wildman–Crippen LogP) is 1.32. The lowest BCUT2D eigenvalue weighted by Gasteiger charge is -2.12. The molecule has 0 radical (unpaired) electrons. The van der Waals surface area contributed by atoms with Gasteiger partial charge in [0.05, 0.1) is 11.7 Å². The summed E-state index contributed by atoms with van der Waals surface area (Å²) in [5.41, 5.74) is 0.118. The summed E-state index contributed by atoms with van der Waals surface area (Å²) in [5, 5.41) is 17.8. The summed E-state index contributed by atoms with van der Waals surface area (Å²) in [4.78, 5) is 10.6. The minimum absolute atomic E-state index is 0.118. The molecule has 0 amide bonds. The molecule has 80 valence electrons. The number of rotatable bonds is 6. The van der Waals surface area contributed by atoms with E-state index in [2.05, 4.69) is 6.58 Å². The molecule has 0 aromatic carbocycles. The number of carboxylic acids is 1. The zero-order chi connectivity index (χ0) is 11.1. The Morgan fingerprint density at radius 1 is 1.64 bits per heavy atom. The van der Waals surface area contributed by atoms with Crippen LogP contribution < -0.4 is 0 Å². The molecule has 0 rings (SSSR count). The summed E-state index contributed by atoms with van der Waals surface area (Å²) in [5.74, 6) is -0.739. The molecule has 0 saturated carbocycles. The van der Waals surface area contributed by atoms with Gasteiger partial charge in [-0.25, -0.2) is 4.79 Å². The SMILES string of the molecule is C=CCOC(CC(C)O)=C(C)C(=O)O. The van der Waals surface area contributed by atoms with Crippen LogP contribution in [0.2, 0.25) is 0 Å². The van der Waals surface area contributed by atoms with E-state index in [-0.39, 0.29) is 18.6 Å². The maximum absolute atomic E-state index is 10.6. The third-order valence-corrected chi connectivity index (χ3v) is 1.60. The van der Waals surface area contributed by atoms with Crippen molar-refractivity contribution >= 4 is 5.97 Å². The zero-order valence-corrected chi connectivity index (χ0v) is 8.49. The van der Waals surface area contributed by atoms with Crippen molar-refractivity contribution in [1.29, 1.82) is 0 Å². The number of aliphatic carboxylic acids is 1. The first kappa shape index (κ1) is 12.7. The van der Waals surface area contributed by atoms with Crippen molar-refractivity contribution < 1.29 is 19.7 Å². The molecule has 0 aliphatic carbocycles. The molecule has 0 spiro atoms. The van der Waals surface area contributed by atoms with Crippen LogP contribution in [0.15, 0.2) is 24.0 Å². The minimum Gasteiger partial charge on any atom is -0.493 e. The van der Waals surface area contributed by atoms with Crippen LogP contribution in [0.4, 0.5) is 0 Å². The van der Waals surface area contributed by atoms with Gasteiger partial charge in [0.1, 0.15) is 12.4 Å². The molecule has 0 aliphatic heterocycles. The first-order valence-corrected chi connectivity index (χ1v) is 4.33. The van der Waals surface area contributed by atoms with Crippen molar-refractivity contribution in [2.75, 3.05) is 6.61 Å². The normalized spacial score (nSPS) is 14.2. The maximum Gasteiger partial charge on any atom is 0.334 e. The van der Waals surface area contributed by atoms with Crippen LogP contribution in [0, 0.1) is 0 Å². The van der Waals surface area contributed by atoms with E-state index in [9.17, 15) is 4.79 Å². The maximum atomic E-state index is 10.6. The van der Waals surface area contributed by atoms with E-state index in [4.69, 9.17) is 14.9 Å². The summed E-state index contributed by atoms with van der Waals surface area (Å²) in [6.07, 6.45) is 1.10. The van der Waals surface area contributed by atoms with Gasteiger partial charge in [0, 0.05) is 6.42 Å². The van der Waals surface area contributed by atoms with E-state index in [0.717, 1.165) is 0 Å². The molecule has 0 heterocycles. The summed E-state index contributed by atoms with van der Waals surface area (Å²) in [6, 6.07) is 0. The van der Waals surface area contributed by atoms with Gasteiger partial charge in [-0.3, -0.25) is 0 Å². The van der Waals surface area contributed by atoms with Gasteiger partial charge in [0.25, 0.3) is 0 Å². The zero-order valence-electron chi connectivity index (χ0n) is 8.49. The van der Waals surface area contributed by atoms with E-state index in [0.29, 0.717) is 5.76 Å². The Morgan fingerprint density at radius 3 is 2.57 bits per heavy atom. The highest BCUT2D eigenvalue weighted by atomic mass is 16.5. The lowest BCUT2D eigenvalue weighted by Crippen LogP contribution is -2.10. The van der Waals surface area contributed by atoms with Gasteiger partial charge in [-0.2, -0.15) is 0 Å². The molecule has 0 fully saturated rings. The summed E-state index contributed by atoms with van der Waals surface area (Å²) in [7, 11) is 0. The lowest BCUT2D eigenvalue weighted by atomic mass is 10.1. The highest BCUT2D eigenvalue weighted by Crippen LogP contribution is 2.13. The van der Waals surface area contributed by atoms with Crippen molar-refractivity contribution in [2.24, 2.45) is 0 Å². The third kappa shape index (κ3) is 4.67. The van der Waals surface area contributed by atoms with E-state index >= 15 is 0 Å². The molecular formula is C10H16O4. The average Bonchev–Trinajstić information content (AvgIpc) is 2.10. The topological polar surface area (TPSA) is 66.8 Å². The second-order valence-electron chi connectivity index (χ2n) is 3.01. The molecule has 4 heteroatoms. The Hall–Kier alpha value is -1.29. The summed E-state index contributed by atoms with van der Waals surface area (Å²) in [6.45, 7) is 6.72. The average molecular weight is 200 g/mol. The van der Waals surface area contributed by atoms with Crippen molar-refractivity contribution in [2.45, 2.75) is 26.4 Å². The number of aliphatic hydroxyl groups excluding tert-OH is 1. The van der Waals surface area contributed by atoms with E-state index in [1.165, 1.54) is 13.0 Å². The lowest BCUT2D eigenvalue weighted by molar-refractivity contribution is -0.132. The fourth-order valence-corrected chi connectivity index (χ4v) is 0.867. The van der Waals surface area contributed by atoms with E-state index in [1.807, 2.05) is 0 Å². The number of hydrogen-bond donors (Lipinski definition) is 2. The Bertz CT molecular complexity index is 241. The van der Waals surface area contributed by atoms with Crippen LogP contribution in [0.1, 0.15) is 20.3 Å². The fraction of sp³-hybridized carbons (Fsp3) is 0.500. The van der Waals surface area contributed by atoms with Gasteiger partial charge in [-0.15, -0.1) is 0 Å². The van der Waals surface area contributed by atoms with Gasteiger partial charge in [-0.1, -0.05) is 12.7 Å². The Morgan fingerprint density at radius 2 is 2.21 bits per heavy atom. The molecule has 4 nitrogen and oxygen atoms in total. The van der Waals surface area contributed by atoms with Gasteiger partial charge >= 0.3 is 5.97 Å².